The smallest absolute Gasteiger partial charge is 0.326 e. The van der Waals surface area contributed by atoms with Crippen molar-refractivity contribution >= 4 is 53.1 Å². The van der Waals surface area contributed by atoms with E-state index in [1.165, 1.54) is 23.5 Å². The molecule has 0 radical (unpaired) electrons. The first kappa shape index (κ1) is 31.0. The highest BCUT2D eigenvalue weighted by Crippen LogP contribution is 2.08. The molecule has 4 amide bonds. The van der Waals surface area contributed by atoms with E-state index in [9.17, 15) is 29.1 Å². The van der Waals surface area contributed by atoms with E-state index in [1.807, 2.05) is 26.4 Å². The summed E-state index contributed by atoms with van der Waals surface area (Å²) < 4.78 is 0. The number of nitrogens with one attached hydrogen (secondary N) is 3. The van der Waals surface area contributed by atoms with Crippen LogP contribution < -0.4 is 27.4 Å². The Kier molecular flexibility index (Phi) is 15.6. The lowest BCUT2D eigenvalue weighted by atomic mass is 10.0. The fraction of sp³-hybridized carbons (Fsp3) is 0.750. The van der Waals surface area contributed by atoms with Crippen molar-refractivity contribution in [3.63, 3.8) is 0 Å². The molecule has 0 rings (SSSR count). The topological polar surface area (TPSA) is 194 Å². The highest BCUT2D eigenvalue weighted by molar-refractivity contribution is 7.98. The lowest BCUT2D eigenvalue weighted by Crippen LogP contribution is -2.57. The number of aliphatic carboxylic acids is 1. The number of carboxylic acid groups (broad SMARTS) is 1. The minimum absolute atomic E-state index is 0.200. The third kappa shape index (κ3) is 13.3. The zero-order valence-electron chi connectivity index (χ0n) is 19.6. The number of amides is 4. The Morgan fingerprint density at radius 2 is 1.24 bits per heavy atom. The first-order chi connectivity index (χ1) is 15.4. The van der Waals surface area contributed by atoms with Gasteiger partial charge in [0.1, 0.15) is 18.1 Å². The molecule has 11 nitrogen and oxygen atoms in total. The van der Waals surface area contributed by atoms with Crippen LogP contribution in [0.3, 0.4) is 0 Å². The molecule has 0 spiro atoms. The van der Waals surface area contributed by atoms with Crippen molar-refractivity contribution in [2.45, 2.75) is 63.7 Å². The summed E-state index contributed by atoms with van der Waals surface area (Å²) in [6.07, 6.45) is 4.10. The Morgan fingerprint density at radius 1 is 0.818 bits per heavy atom. The van der Waals surface area contributed by atoms with Crippen LogP contribution in [0, 0.1) is 5.92 Å². The predicted octanol–water partition coefficient (Wildman–Crippen LogP) is -0.720. The van der Waals surface area contributed by atoms with E-state index >= 15 is 0 Å². The summed E-state index contributed by atoms with van der Waals surface area (Å²) in [6.45, 7) is 3.87. The van der Waals surface area contributed by atoms with E-state index in [0.29, 0.717) is 24.3 Å². The average Bonchev–Trinajstić information content (AvgIpc) is 2.72. The van der Waals surface area contributed by atoms with Gasteiger partial charge in [0.05, 0.1) is 12.5 Å². The third-order valence-electron chi connectivity index (χ3n) is 4.57. The van der Waals surface area contributed by atoms with Gasteiger partial charge in [-0.25, -0.2) is 4.79 Å². The number of thioether (sulfide) groups is 2. The normalized spacial score (nSPS) is 14.6. The SMILES string of the molecule is CSCCC(NC(=O)C(N)CC(C)C)C(=O)NC(CCSC)C(=O)NC(CC(N)=O)C(=O)O. The molecule has 0 fully saturated rings. The average molecular weight is 508 g/mol. The summed E-state index contributed by atoms with van der Waals surface area (Å²) >= 11 is 2.94. The lowest BCUT2D eigenvalue weighted by molar-refractivity contribution is -0.143. The number of carbonyl (C=O) groups excluding carboxylic acids is 4. The van der Waals surface area contributed by atoms with Crippen molar-refractivity contribution in [1.29, 1.82) is 0 Å². The van der Waals surface area contributed by atoms with Crippen molar-refractivity contribution in [1.82, 2.24) is 16.0 Å². The number of rotatable bonds is 17. The van der Waals surface area contributed by atoms with Gasteiger partial charge in [-0.1, -0.05) is 13.8 Å². The van der Waals surface area contributed by atoms with Gasteiger partial charge in [-0.15, -0.1) is 0 Å². The predicted molar refractivity (Wildman–Crippen MR) is 131 cm³/mol. The second-order valence-corrected chi connectivity index (χ2v) is 9.96. The van der Waals surface area contributed by atoms with Crippen LogP contribution in [0.2, 0.25) is 0 Å². The van der Waals surface area contributed by atoms with E-state index in [1.54, 1.807) is 0 Å². The van der Waals surface area contributed by atoms with Crippen LogP contribution in [0.25, 0.3) is 0 Å². The Bertz CT molecular complexity index is 679. The fourth-order valence-electron chi connectivity index (χ4n) is 2.85. The van der Waals surface area contributed by atoms with Gasteiger partial charge < -0.3 is 32.5 Å². The quantitative estimate of drug-likeness (QED) is 0.147. The maximum atomic E-state index is 13.0. The van der Waals surface area contributed by atoms with Gasteiger partial charge in [0.15, 0.2) is 0 Å². The minimum Gasteiger partial charge on any atom is -0.480 e. The van der Waals surface area contributed by atoms with Crippen molar-refractivity contribution in [3.05, 3.63) is 0 Å². The van der Waals surface area contributed by atoms with Gasteiger partial charge in [-0.05, 0) is 49.2 Å². The van der Waals surface area contributed by atoms with Crippen molar-refractivity contribution in [2.24, 2.45) is 17.4 Å². The molecule has 0 aromatic rings. The Morgan fingerprint density at radius 3 is 1.61 bits per heavy atom. The Labute approximate surface area is 203 Å². The molecule has 0 aliphatic carbocycles. The Hall–Kier alpha value is -1.99. The molecule has 0 bridgehead atoms. The summed E-state index contributed by atoms with van der Waals surface area (Å²) in [5.41, 5.74) is 11.0. The number of nitrogens with two attached hydrogens (primary N) is 2. The molecule has 33 heavy (non-hydrogen) atoms. The van der Waals surface area contributed by atoms with Gasteiger partial charge in [-0.3, -0.25) is 19.2 Å². The second kappa shape index (κ2) is 16.6. The molecule has 0 aliphatic rings. The van der Waals surface area contributed by atoms with Crippen LogP contribution in [0.15, 0.2) is 0 Å². The molecule has 0 aromatic carbocycles. The van der Waals surface area contributed by atoms with E-state index in [2.05, 4.69) is 16.0 Å². The molecule has 0 aliphatic heterocycles. The summed E-state index contributed by atoms with van der Waals surface area (Å²) in [6, 6.07) is -4.24. The van der Waals surface area contributed by atoms with Crippen LogP contribution in [-0.2, 0) is 24.0 Å². The lowest BCUT2D eigenvalue weighted by Gasteiger charge is -2.25. The highest BCUT2D eigenvalue weighted by Gasteiger charge is 2.30. The van der Waals surface area contributed by atoms with E-state index in [-0.39, 0.29) is 12.3 Å². The van der Waals surface area contributed by atoms with Crippen LogP contribution >= 0.6 is 23.5 Å². The molecule has 0 saturated carbocycles. The van der Waals surface area contributed by atoms with Gasteiger partial charge in [0.25, 0.3) is 0 Å². The summed E-state index contributed by atoms with van der Waals surface area (Å²) in [4.78, 5) is 60.6. The number of hydrogen-bond donors (Lipinski definition) is 6. The number of hydrogen-bond acceptors (Lipinski definition) is 8. The number of carbonyl (C=O) groups is 5. The molecule has 0 saturated heterocycles. The number of carboxylic acids is 1. The highest BCUT2D eigenvalue weighted by atomic mass is 32.2. The van der Waals surface area contributed by atoms with Crippen molar-refractivity contribution < 1.29 is 29.1 Å². The molecular weight excluding hydrogens is 470 g/mol. The van der Waals surface area contributed by atoms with Gasteiger partial charge in [0, 0.05) is 0 Å². The molecule has 190 valence electrons. The monoisotopic (exact) mass is 507 g/mol. The van der Waals surface area contributed by atoms with Gasteiger partial charge in [-0.2, -0.15) is 23.5 Å². The van der Waals surface area contributed by atoms with Crippen LogP contribution in [0.5, 0.6) is 0 Å². The molecule has 4 unspecified atom stereocenters. The van der Waals surface area contributed by atoms with Gasteiger partial charge in [0.2, 0.25) is 23.6 Å². The molecule has 8 N–H and O–H groups in total. The summed E-state index contributed by atoms with van der Waals surface area (Å²) in [5.74, 6) is -2.79. The molecular formula is C20H37N5O6S2. The first-order valence-electron chi connectivity index (χ1n) is 10.6. The zero-order valence-corrected chi connectivity index (χ0v) is 21.2. The minimum atomic E-state index is -1.51. The van der Waals surface area contributed by atoms with E-state index in [4.69, 9.17) is 11.5 Å². The fourth-order valence-corrected chi connectivity index (χ4v) is 3.79. The van der Waals surface area contributed by atoms with Crippen LogP contribution in [0.4, 0.5) is 0 Å². The summed E-state index contributed by atoms with van der Waals surface area (Å²) in [7, 11) is 0. The van der Waals surface area contributed by atoms with Crippen LogP contribution in [-0.4, -0.2) is 82.9 Å². The maximum absolute atomic E-state index is 13.0. The van der Waals surface area contributed by atoms with E-state index in [0.717, 1.165) is 0 Å². The molecule has 0 heterocycles. The molecule has 4 atom stereocenters. The number of primary amides is 1. The molecule has 13 heteroatoms. The zero-order chi connectivity index (χ0) is 25.6. The van der Waals surface area contributed by atoms with Crippen molar-refractivity contribution in [2.75, 3.05) is 24.0 Å². The first-order valence-corrected chi connectivity index (χ1v) is 13.4. The maximum Gasteiger partial charge on any atom is 0.326 e. The third-order valence-corrected chi connectivity index (χ3v) is 5.86. The van der Waals surface area contributed by atoms with Crippen molar-refractivity contribution in [3.8, 4) is 0 Å². The second-order valence-electron chi connectivity index (χ2n) is 7.99. The van der Waals surface area contributed by atoms with Crippen LogP contribution in [0.1, 0.15) is 39.5 Å². The largest absolute Gasteiger partial charge is 0.480 e. The summed E-state index contributed by atoms with van der Waals surface area (Å²) in [5, 5.41) is 16.7. The Balaban J connectivity index is 5.42. The standard InChI is InChI=1S/C20H37N5O6S2/c1-11(2)9-12(21)17(27)23-13(5-7-32-3)18(28)24-14(6-8-33-4)19(29)25-15(20(30)31)10-16(22)26/h11-15H,5-10,21H2,1-4H3,(H2,22,26)(H,23,27)(H,24,28)(H,25,29)(H,30,31). The molecule has 0 aromatic heterocycles. The van der Waals surface area contributed by atoms with E-state index < -0.39 is 60.2 Å². The van der Waals surface area contributed by atoms with Gasteiger partial charge >= 0.3 is 5.97 Å².